The third-order valence-electron chi connectivity index (χ3n) is 4.88. The number of benzene rings is 2. The molecule has 0 saturated heterocycles. The number of hydrogen-bond acceptors (Lipinski definition) is 4. The average molecular weight is 412 g/mol. The van der Waals surface area contributed by atoms with Crippen molar-refractivity contribution < 1.29 is 14.3 Å². The maximum Gasteiger partial charge on any atom is 0.255 e. The molecule has 6 heteroatoms. The molecule has 2 N–H and O–H groups in total. The fraction of sp³-hybridized carbons (Fsp3) is 0.417. The van der Waals surface area contributed by atoms with Crippen LogP contribution in [0.4, 0.5) is 5.69 Å². The molecule has 30 heavy (non-hydrogen) atoms. The van der Waals surface area contributed by atoms with Crippen LogP contribution in [0.15, 0.2) is 48.5 Å². The summed E-state index contributed by atoms with van der Waals surface area (Å²) in [5.41, 5.74) is 1.73. The fourth-order valence-electron chi connectivity index (χ4n) is 2.94. The maximum absolute atomic E-state index is 12.5. The molecular formula is C24H33N3O3. The third kappa shape index (κ3) is 7.52. The molecule has 0 radical (unpaired) electrons. The molecule has 162 valence electrons. The van der Waals surface area contributed by atoms with Gasteiger partial charge in [-0.05, 0) is 62.0 Å². The summed E-state index contributed by atoms with van der Waals surface area (Å²) < 4.78 is 5.66. The van der Waals surface area contributed by atoms with Crippen LogP contribution in [0.1, 0.15) is 54.3 Å². The van der Waals surface area contributed by atoms with Gasteiger partial charge in [0.2, 0.25) is 0 Å². The molecule has 0 fully saturated rings. The SMILES string of the molecule is CCCCOc1cccc(C(=O)Nc2ccc(C(=O)NCCN(CC)CC)cc2)c1. The van der Waals surface area contributed by atoms with Crippen LogP contribution in [0, 0.1) is 0 Å². The normalized spacial score (nSPS) is 10.7. The van der Waals surface area contributed by atoms with Crippen molar-refractivity contribution in [3.05, 3.63) is 59.7 Å². The lowest BCUT2D eigenvalue weighted by Gasteiger charge is -2.18. The molecule has 0 aliphatic rings. The Hall–Kier alpha value is -2.86. The first-order valence-corrected chi connectivity index (χ1v) is 10.7. The molecule has 0 atom stereocenters. The second-order valence-corrected chi connectivity index (χ2v) is 7.04. The molecule has 0 bridgehead atoms. The van der Waals surface area contributed by atoms with Crippen molar-refractivity contribution in [2.24, 2.45) is 0 Å². The lowest BCUT2D eigenvalue weighted by atomic mass is 10.1. The standard InChI is InChI=1S/C24H33N3O3/c1-4-7-17-30-22-10-8-9-20(18-22)24(29)26-21-13-11-19(12-14-21)23(28)25-15-16-27(5-2)6-3/h8-14,18H,4-7,15-17H2,1-3H3,(H,25,28)(H,26,29). The van der Waals surface area contributed by atoms with Crippen molar-refractivity contribution in [1.29, 1.82) is 0 Å². The second kappa shape index (κ2) is 12.6. The van der Waals surface area contributed by atoms with Crippen molar-refractivity contribution >= 4 is 17.5 Å². The van der Waals surface area contributed by atoms with Gasteiger partial charge >= 0.3 is 0 Å². The lowest BCUT2D eigenvalue weighted by molar-refractivity contribution is 0.0948. The molecular weight excluding hydrogens is 378 g/mol. The quantitative estimate of drug-likeness (QED) is 0.514. The van der Waals surface area contributed by atoms with Gasteiger partial charge in [0.15, 0.2) is 0 Å². The molecule has 0 heterocycles. The summed E-state index contributed by atoms with van der Waals surface area (Å²) in [6, 6.07) is 14.0. The number of ether oxygens (including phenoxy) is 1. The zero-order valence-corrected chi connectivity index (χ0v) is 18.2. The van der Waals surface area contributed by atoms with E-state index >= 15 is 0 Å². The van der Waals surface area contributed by atoms with Crippen LogP contribution in [0.2, 0.25) is 0 Å². The van der Waals surface area contributed by atoms with Gasteiger partial charge < -0.3 is 20.3 Å². The Balaban J connectivity index is 1.88. The maximum atomic E-state index is 12.5. The largest absolute Gasteiger partial charge is 0.494 e. The molecule has 0 unspecified atom stereocenters. The van der Waals surface area contributed by atoms with E-state index in [9.17, 15) is 9.59 Å². The summed E-state index contributed by atoms with van der Waals surface area (Å²) in [5, 5.41) is 5.79. The van der Waals surface area contributed by atoms with Crippen LogP contribution in [0.25, 0.3) is 0 Å². The summed E-state index contributed by atoms with van der Waals surface area (Å²) in [6.07, 6.45) is 2.04. The van der Waals surface area contributed by atoms with Crippen LogP contribution < -0.4 is 15.4 Å². The molecule has 2 amide bonds. The molecule has 0 saturated carbocycles. The van der Waals surface area contributed by atoms with Gasteiger partial charge in [0.1, 0.15) is 5.75 Å². The van der Waals surface area contributed by atoms with E-state index in [-0.39, 0.29) is 11.8 Å². The Morgan fingerprint density at radius 2 is 1.67 bits per heavy atom. The summed E-state index contributed by atoms with van der Waals surface area (Å²) in [5.74, 6) is 0.358. The predicted molar refractivity (Wildman–Crippen MR) is 121 cm³/mol. The molecule has 0 aliphatic carbocycles. The number of carbonyl (C=O) groups is 2. The highest BCUT2D eigenvalue weighted by Crippen LogP contribution is 2.16. The van der Waals surface area contributed by atoms with E-state index in [0.717, 1.165) is 32.5 Å². The Morgan fingerprint density at radius 1 is 0.933 bits per heavy atom. The Kier molecular flexibility index (Phi) is 9.87. The van der Waals surface area contributed by atoms with Crippen molar-refractivity contribution in [3.63, 3.8) is 0 Å². The third-order valence-corrected chi connectivity index (χ3v) is 4.88. The minimum atomic E-state index is -0.215. The fourth-order valence-corrected chi connectivity index (χ4v) is 2.94. The van der Waals surface area contributed by atoms with Crippen LogP contribution in [0.3, 0.4) is 0 Å². The minimum Gasteiger partial charge on any atom is -0.494 e. The van der Waals surface area contributed by atoms with E-state index in [0.29, 0.717) is 35.7 Å². The predicted octanol–water partition coefficient (Wildman–Crippen LogP) is 4.19. The van der Waals surface area contributed by atoms with Gasteiger partial charge in [0, 0.05) is 29.9 Å². The number of unbranched alkanes of at least 4 members (excludes halogenated alkanes) is 1. The minimum absolute atomic E-state index is 0.114. The lowest BCUT2D eigenvalue weighted by Crippen LogP contribution is -2.34. The van der Waals surface area contributed by atoms with Crippen molar-refractivity contribution in [2.45, 2.75) is 33.6 Å². The number of rotatable bonds is 12. The van der Waals surface area contributed by atoms with Gasteiger partial charge in [-0.15, -0.1) is 0 Å². The highest BCUT2D eigenvalue weighted by Gasteiger charge is 2.09. The Morgan fingerprint density at radius 3 is 2.33 bits per heavy atom. The van der Waals surface area contributed by atoms with Gasteiger partial charge in [0.25, 0.3) is 11.8 Å². The van der Waals surface area contributed by atoms with Gasteiger partial charge in [-0.2, -0.15) is 0 Å². The number of nitrogens with zero attached hydrogens (tertiary/aromatic N) is 1. The molecule has 0 aliphatic heterocycles. The molecule has 2 rings (SSSR count). The highest BCUT2D eigenvalue weighted by molar-refractivity contribution is 6.04. The molecule has 0 aromatic heterocycles. The van der Waals surface area contributed by atoms with Crippen LogP contribution in [0.5, 0.6) is 5.75 Å². The highest BCUT2D eigenvalue weighted by atomic mass is 16.5. The summed E-state index contributed by atoms with van der Waals surface area (Å²) in [4.78, 5) is 27.1. The molecule has 0 spiro atoms. The number of nitrogens with one attached hydrogen (secondary N) is 2. The number of hydrogen-bond donors (Lipinski definition) is 2. The van der Waals surface area contributed by atoms with E-state index in [1.54, 1.807) is 36.4 Å². The second-order valence-electron chi connectivity index (χ2n) is 7.04. The first-order chi connectivity index (χ1) is 14.6. The van der Waals surface area contributed by atoms with Gasteiger partial charge in [0.05, 0.1) is 6.61 Å². The number of carbonyl (C=O) groups excluding carboxylic acids is 2. The van der Waals surface area contributed by atoms with E-state index in [2.05, 4.69) is 36.3 Å². The van der Waals surface area contributed by atoms with Crippen LogP contribution in [-0.2, 0) is 0 Å². The average Bonchev–Trinajstić information content (AvgIpc) is 2.77. The topological polar surface area (TPSA) is 70.7 Å². The summed E-state index contributed by atoms with van der Waals surface area (Å²) in [7, 11) is 0. The monoisotopic (exact) mass is 411 g/mol. The van der Waals surface area contributed by atoms with Crippen LogP contribution in [-0.4, -0.2) is 49.5 Å². The van der Waals surface area contributed by atoms with Gasteiger partial charge in [-0.3, -0.25) is 9.59 Å². The zero-order chi connectivity index (χ0) is 21.8. The molecule has 2 aromatic carbocycles. The molecule has 2 aromatic rings. The summed E-state index contributed by atoms with van der Waals surface area (Å²) in [6.45, 7) is 10.3. The van der Waals surface area contributed by atoms with Crippen molar-refractivity contribution in [3.8, 4) is 5.75 Å². The van der Waals surface area contributed by atoms with Gasteiger partial charge in [-0.25, -0.2) is 0 Å². The van der Waals surface area contributed by atoms with Crippen LogP contribution >= 0.6 is 0 Å². The number of anilines is 1. The van der Waals surface area contributed by atoms with Gasteiger partial charge in [-0.1, -0.05) is 33.3 Å². The number of amides is 2. The Labute approximate surface area is 179 Å². The van der Waals surface area contributed by atoms with Crippen molar-refractivity contribution in [1.82, 2.24) is 10.2 Å². The molecule has 6 nitrogen and oxygen atoms in total. The number of likely N-dealkylation sites (N-methyl/N-ethyl adjacent to an activating group) is 1. The van der Waals surface area contributed by atoms with E-state index < -0.39 is 0 Å². The Bertz CT molecular complexity index is 802. The first kappa shape index (κ1) is 23.4. The zero-order valence-electron chi connectivity index (χ0n) is 18.2. The first-order valence-electron chi connectivity index (χ1n) is 10.7. The smallest absolute Gasteiger partial charge is 0.255 e. The van der Waals surface area contributed by atoms with E-state index in [1.807, 2.05) is 12.1 Å². The van der Waals surface area contributed by atoms with E-state index in [4.69, 9.17) is 4.74 Å². The van der Waals surface area contributed by atoms with Crippen molar-refractivity contribution in [2.75, 3.05) is 38.1 Å². The summed E-state index contributed by atoms with van der Waals surface area (Å²) >= 11 is 0. The van der Waals surface area contributed by atoms with E-state index in [1.165, 1.54) is 0 Å².